The van der Waals surface area contributed by atoms with Crippen LogP contribution in [0.5, 0.6) is 0 Å². The van der Waals surface area contributed by atoms with Gasteiger partial charge in [0, 0.05) is 30.5 Å². The molecule has 1 aliphatic heterocycles. The summed E-state index contributed by atoms with van der Waals surface area (Å²) in [6.07, 6.45) is 3.28. The number of hydrogen-bond acceptors (Lipinski definition) is 2. The zero-order valence-electron chi connectivity index (χ0n) is 10.8. The lowest BCUT2D eigenvalue weighted by Crippen LogP contribution is -2.31. The van der Waals surface area contributed by atoms with Gasteiger partial charge in [-0.15, -0.1) is 0 Å². The van der Waals surface area contributed by atoms with Crippen LogP contribution < -0.4 is 10.6 Å². The van der Waals surface area contributed by atoms with E-state index in [0.29, 0.717) is 23.2 Å². The van der Waals surface area contributed by atoms with Crippen LogP contribution in [0, 0.1) is 5.92 Å². The molecule has 1 atom stereocenters. The van der Waals surface area contributed by atoms with Gasteiger partial charge in [-0.2, -0.15) is 0 Å². The molecule has 0 unspecified atom stereocenters. The molecule has 1 aliphatic rings. The Morgan fingerprint density at radius 1 is 1.47 bits per heavy atom. The maximum absolute atomic E-state index is 11.7. The summed E-state index contributed by atoms with van der Waals surface area (Å²) in [4.78, 5) is 11.7. The summed E-state index contributed by atoms with van der Waals surface area (Å²) in [6.45, 7) is 2.36. The SMILES string of the molecule is O=C(NCC[C@@H]1CCCOC1)Nc1cccc(Cl)c1. The van der Waals surface area contributed by atoms with Gasteiger partial charge in [-0.25, -0.2) is 4.79 Å². The molecule has 1 fully saturated rings. The molecule has 0 spiro atoms. The molecular weight excluding hydrogens is 264 g/mol. The molecule has 2 N–H and O–H groups in total. The normalized spacial score (nSPS) is 18.9. The lowest BCUT2D eigenvalue weighted by Gasteiger charge is -2.21. The zero-order chi connectivity index (χ0) is 13.5. The molecule has 0 bridgehead atoms. The molecule has 1 saturated heterocycles. The quantitative estimate of drug-likeness (QED) is 0.890. The third-order valence-electron chi connectivity index (χ3n) is 3.18. The Balaban J connectivity index is 1.67. The van der Waals surface area contributed by atoms with E-state index in [1.807, 2.05) is 0 Å². The highest BCUT2D eigenvalue weighted by atomic mass is 35.5. The van der Waals surface area contributed by atoms with Gasteiger partial charge in [0.05, 0.1) is 0 Å². The molecule has 2 rings (SSSR count). The summed E-state index contributed by atoms with van der Waals surface area (Å²) < 4.78 is 5.41. The number of benzene rings is 1. The second kappa shape index (κ2) is 7.36. The lowest BCUT2D eigenvalue weighted by atomic mass is 9.99. The van der Waals surface area contributed by atoms with E-state index in [1.54, 1.807) is 24.3 Å². The van der Waals surface area contributed by atoms with Crippen molar-refractivity contribution in [3.8, 4) is 0 Å². The van der Waals surface area contributed by atoms with Crippen LogP contribution in [-0.4, -0.2) is 25.8 Å². The Kier molecular flexibility index (Phi) is 5.48. The largest absolute Gasteiger partial charge is 0.381 e. The second-order valence-electron chi connectivity index (χ2n) is 4.76. The summed E-state index contributed by atoms with van der Waals surface area (Å²) in [7, 11) is 0. The van der Waals surface area contributed by atoms with Gasteiger partial charge >= 0.3 is 6.03 Å². The van der Waals surface area contributed by atoms with E-state index in [1.165, 1.54) is 6.42 Å². The Morgan fingerprint density at radius 3 is 3.11 bits per heavy atom. The Hall–Kier alpha value is -1.26. The van der Waals surface area contributed by atoms with E-state index in [4.69, 9.17) is 16.3 Å². The minimum Gasteiger partial charge on any atom is -0.381 e. The fourth-order valence-electron chi connectivity index (χ4n) is 2.17. The van der Waals surface area contributed by atoms with Gasteiger partial charge in [0.25, 0.3) is 0 Å². The van der Waals surface area contributed by atoms with E-state index < -0.39 is 0 Å². The van der Waals surface area contributed by atoms with E-state index in [-0.39, 0.29) is 6.03 Å². The van der Waals surface area contributed by atoms with Crippen molar-refractivity contribution in [2.45, 2.75) is 19.3 Å². The van der Waals surface area contributed by atoms with Gasteiger partial charge in [0.2, 0.25) is 0 Å². The van der Waals surface area contributed by atoms with Gasteiger partial charge in [-0.05, 0) is 43.4 Å². The number of anilines is 1. The predicted octanol–water partition coefficient (Wildman–Crippen LogP) is 3.28. The van der Waals surface area contributed by atoms with Crippen LogP contribution in [-0.2, 0) is 4.74 Å². The third-order valence-corrected chi connectivity index (χ3v) is 3.41. The maximum Gasteiger partial charge on any atom is 0.319 e. The van der Waals surface area contributed by atoms with Crippen molar-refractivity contribution < 1.29 is 9.53 Å². The molecule has 104 valence electrons. The summed E-state index contributed by atoms with van der Waals surface area (Å²) in [6, 6.07) is 6.90. The van der Waals surface area contributed by atoms with Crippen LogP contribution in [0.4, 0.5) is 10.5 Å². The molecule has 1 aromatic rings. The minimum atomic E-state index is -0.195. The van der Waals surface area contributed by atoms with Gasteiger partial charge in [0.1, 0.15) is 0 Å². The van der Waals surface area contributed by atoms with Gasteiger partial charge in [-0.1, -0.05) is 17.7 Å². The molecule has 4 nitrogen and oxygen atoms in total. The number of carbonyl (C=O) groups excluding carboxylic acids is 1. The fourth-order valence-corrected chi connectivity index (χ4v) is 2.36. The number of nitrogens with one attached hydrogen (secondary N) is 2. The first-order valence-corrected chi connectivity index (χ1v) is 7.00. The van der Waals surface area contributed by atoms with Crippen LogP contribution in [0.1, 0.15) is 19.3 Å². The summed E-state index contributed by atoms with van der Waals surface area (Å²) >= 11 is 5.85. The Labute approximate surface area is 118 Å². The van der Waals surface area contributed by atoms with Crippen LogP contribution >= 0.6 is 11.6 Å². The van der Waals surface area contributed by atoms with E-state index in [0.717, 1.165) is 26.1 Å². The van der Waals surface area contributed by atoms with Crippen molar-refractivity contribution in [1.29, 1.82) is 0 Å². The predicted molar refractivity (Wildman–Crippen MR) is 76.6 cm³/mol. The molecule has 0 saturated carbocycles. The van der Waals surface area contributed by atoms with Crippen molar-refractivity contribution in [2.24, 2.45) is 5.92 Å². The molecule has 2 amide bonds. The van der Waals surface area contributed by atoms with Crippen molar-refractivity contribution >= 4 is 23.3 Å². The topological polar surface area (TPSA) is 50.4 Å². The maximum atomic E-state index is 11.7. The van der Waals surface area contributed by atoms with Crippen molar-refractivity contribution in [2.75, 3.05) is 25.1 Å². The first-order valence-electron chi connectivity index (χ1n) is 6.62. The molecule has 1 aromatic carbocycles. The van der Waals surface area contributed by atoms with E-state index in [9.17, 15) is 4.79 Å². The molecular formula is C14H19ClN2O2. The third kappa shape index (κ3) is 5.09. The number of halogens is 1. The Bertz CT molecular complexity index is 420. The van der Waals surface area contributed by atoms with Gasteiger partial charge in [0.15, 0.2) is 0 Å². The highest BCUT2D eigenvalue weighted by Crippen LogP contribution is 2.16. The second-order valence-corrected chi connectivity index (χ2v) is 5.20. The number of carbonyl (C=O) groups is 1. The molecule has 1 heterocycles. The summed E-state index contributed by atoms with van der Waals surface area (Å²) in [5.74, 6) is 0.570. The minimum absolute atomic E-state index is 0.195. The molecule has 0 aliphatic carbocycles. The average molecular weight is 283 g/mol. The van der Waals surface area contributed by atoms with Gasteiger partial charge in [-0.3, -0.25) is 0 Å². The van der Waals surface area contributed by atoms with Crippen molar-refractivity contribution in [3.63, 3.8) is 0 Å². The molecule has 0 aromatic heterocycles. The van der Waals surface area contributed by atoms with Crippen LogP contribution in [0.25, 0.3) is 0 Å². The average Bonchev–Trinajstić information content (AvgIpc) is 2.40. The highest BCUT2D eigenvalue weighted by molar-refractivity contribution is 6.30. The van der Waals surface area contributed by atoms with Crippen LogP contribution in [0.3, 0.4) is 0 Å². The number of ether oxygens (including phenoxy) is 1. The zero-order valence-corrected chi connectivity index (χ0v) is 11.6. The number of urea groups is 1. The van der Waals surface area contributed by atoms with E-state index >= 15 is 0 Å². The van der Waals surface area contributed by atoms with Crippen LogP contribution in [0.15, 0.2) is 24.3 Å². The van der Waals surface area contributed by atoms with Crippen molar-refractivity contribution in [1.82, 2.24) is 5.32 Å². The number of rotatable bonds is 4. The van der Waals surface area contributed by atoms with Crippen LogP contribution in [0.2, 0.25) is 5.02 Å². The fraction of sp³-hybridized carbons (Fsp3) is 0.500. The lowest BCUT2D eigenvalue weighted by molar-refractivity contribution is 0.0520. The van der Waals surface area contributed by atoms with E-state index in [2.05, 4.69) is 10.6 Å². The molecule has 19 heavy (non-hydrogen) atoms. The first kappa shape index (κ1) is 14.2. The molecule has 0 radical (unpaired) electrons. The standard InChI is InChI=1S/C14H19ClN2O2/c15-12-4-1-5-13(9-12)17-14(18)16-7-6-11-3-2-8-19-10-11/h1,4-5,9,11H,2-3,6-8,10H2,(H2,16,17,18)/t11-/m0/s1. The number of hydrogen-bond donors (Lipinski definition) is 2. The van der Waals surface area contributed by atoms with Crippen molar-refractivity contribution in [3.05, 3.63) is 29.3 Å². The smallest absolute Gasteiger partial charge is 0.319 e. The monoisotopic (exact) mass is 282 g/mol. The Morgan fingerprint density at radius 2 is 2.37 bits per heavy atom. The molecule has 5 heteroatoms. The van der Waals surface area contributed by atoms with Gasteiger partial charge < -0.3 is 15.4 Å². The first-order chi connectivity index (χ1) is 9.24. The highest BCUT2D eigenvalue weighted by Gasteiger charge is 2.13. The summed E-state index contributed by atoms with van der Waals surface area (Å²) in [5.41, 5.74) is 0.700. The number of amides is 2. The summed E-state index contributed by atoms with van der Waals surface area (Å²) in [5, 5.41) is 6.21.